The molecule has 1 spiro atoms. The topological polar surface area (TPSA) is 106 Å². The summed E-state index contributed by atoms with van der Waals surface area (Å²) in [6.45, 7) is 10.7. The zero-order chi connectivity index (χ0) is 21.6. The number of ether oxygens (including phenoxy) is 2. The molecule has 1 atom stereocenters. The van der Waals surface area contributed by atoms with Crippen LogP contribution in [0.2, 0.25) is 0 Å². The zero-order valence-corrected chi connectivity index (χ0v) is 16.9. The predicted molar refractivity (Wildman–Crippen MR) is 106 cm³/mol. The number of allylic oxidation sites excluding steroid dienone is 1. The number of carbonyl (C=O) groups excluding carboxylic acids is 2. The van der Waals surface area contributed by atoms with E-state index in [4.69, 9.17) is 15.2 Å². The van der Waals surface area contributed by atoms with E-state index < -0.39 is 22.9 Å². The van der Waals surface area contributed by atoms with Crippen LogP contribution >= 0.6 is 0 Å². The summed E-state index contributed by atoms with van der Waals surface area (Å²) in [7, 11) is 0. The Hall–Kier alpha value is -3.53. The molecule has 7 heteroatoms. The second kappa shape index (κ2) is 6.82. The van der Waals surface area contributed by atoms with E-state index >= 15 is 0 Å². The number of benzene rings is 1. The van der Waals surface area contributed by atoms with Crippen LogP contribution in [0.4, 0.5) is 0 Å². The third-order valence-electron chi connectivity index (χ3n) is 4.87. The summed E-state index contributed by atoms with van der Waals surface area (Å²) in [6.07, 6.45) is 1.55. The van der Waals surface area contributed by atoms with E-state index in [0.29, 0.717) is 17.0 Å². The molecular formula is C22H23N3O4. The lowest BCUT2D eigenvalue weighted by Crippen LogP contribution is -2.47. The van der Waals surface area contributed by atoms with Crippen LogP contribution in [0.1, 0.15) is 33.3 Å². The fourth-order valence-electron chi connectivity index (χ4n) is 3.82. The minimum Gasteiger partial charge on any atom is -0.457 e. The summed E-state index contributed by atoms with van der Waals surface area (Å²) in [6, 6.07) is 8.74. The van der Waals surface area contributed by atoms with E-state index in [1.54, 1.807) is 58.0 Å². The molecule has 3 rings (SSSR count). The summed E-state index contributed by atoms with van der Waals surface area (Å²) in [4.78, 5) is 28.5. The molecule has 0 aromatic heterocycles. The van der Waals surface area contributed by atoms with Crippen molar-refractivity contribution in [3.05, 3.63) is 65.2 Å². The van der Waals surface area contributed by atoms with Crippen molar-refractivity contribution >= 4 is 11.9 Å². The van der Waals surface area contributed by atoms with Crippen LogP contribution in [0.15, 0.2) is 59.6 Å². The Labute approximate surface area is 169 Å². The minimum absolute atomic E-state index is 0.0644. The van der Waals surface area contributed by atoms with Crippen LogP contribution < -0.4 is 10.5 Å². The molecule has 1 aromatic rings. The van der Waals surface area contributed by atoms with Gasteiger partial charge >= 0.3 is 5.97 Å². The first-order chi connectivity index (χ1) is 13.6. The van der Waals surface area contributed by atoms with Crippen molar-refractivity contribution in [2.75, 3.05) is 6.54 Å². The van der Waals surface area contributed by atoms with Crippen molar-refractivity contribution in [3.8, 4) is 11.8 Å². The van der Waals surface area contributed by atoms with Crippen LogP contribution in [-0.4, -0.2) is 28.9 Å². The molecule has 2 aliphatic rings. The second-order valence-electron chi connectivity index (χ2n) is 7.87. The summed E-state index contributed by atoms with van der Waals surface area (Å²) in [5.41, 5.74) is 4.21. The van der Waals surface area contributed by atoms with Crippen molar-refractivity contribution in [2.45, 2.75) is 38.7 Å². The third kappa shape index (κ3) is 2.88. The third-order valence-corrected chi connectivity index (χ3v) is 4.87. The Morgan fingerprint density at radius 1 is 1.41 bits per heavy atom. The highest BCUT2D eigenvalue weighted by molar-refractivity contribution is 6.12. The van der Waals surface area contributed by atoms with Crippen LogP contribution in [0.5, 0.6) is 5.75 Å². The molecule has 29 heavy (non-hydrogen) atoms. The number of esters is 1. The number of nitrogens with zero attached hydrogens (tertiary/aromatic N) is 2. The first-order valence-electron chi connectivity index (χ1n) is 9.14. The predicted octanol–water partition coefficient (Wildman–Crippen LogP) is 2.65. The maximum absolute atomic E-state index is 13.8. The van der Waals surface area contributed by atoms with Crippen molar-refractivity contribution in [1.29, 1.82) is 5.26 Å². The van der Waals surface area contributed by atoms with Gasteiger partial charge < -0.3 is 20.1 Å². The number of fused-ring (bicyclic) bond motifs is 2. The molecule has 1 aromatic carbocycles. The number of hydrogen-bond donors (Lipinski definition) is 1. The average molecular weight is 393 g/mol. The number of para-hydroxylation sites is 1. The second-order valence-corrected chi connectivity index (χ2v) is 7.87. The van der Waals surface area contributed by atoms with E-state index in [2.05, 4.69) is 6.58 Å². The standard InChI is InChI=1S/C22H23N3O4/c1-6-11-25-13(2)17(19(26)29-21(3,4)5)22(20(25)27)14-9-7-8-10-16(14)28-18(24)15(22)12-23/h6-10H,1,11,24H2,2-5H3. The van der Waals surface area contributed by atoms with Gasteiger partial charge in [0.05, 0.1) is 5.57 Å². The number of amides is 1. The number of nitriles is 1. The van der Waals surface area contributed by atoms with Gasteiger partial charge in [0.25, 0.3) is 0 Å². The Morgan fingerprint density at radius 3 is 2.66 bits per heavy atom. The van der Waals surface area contributed by atoms with Crippen LogP contribution in [-0.2, 0) is 19.7 Å². The van der Waals surface area contributed by atoms with Crippen LogP contribution in [0.25, 0.3) is 0 Å². The summed E-state index contributed by atoms with van der Waals surface area (Å²) in [5, 5.41) is 9.93. The maximum Gasteiger partial charge on any atom is 0.338 e. The molecule has 1 unspecified atom stereocenters. The van der Waals surface area contributed by atoms with Crippen LogP contribution in [0, 0.1) is 11.3 Å². The largest absolute Gasteiger partial charge is 0.457 e. The molecular weight excluding hydrogens is 370 g/mol. The van der Waals surface area contributed by atoms with Gasteiger partial charge in [-0.3, -0.25) is 4.79 Å². The van der Waals surface area contributed by atoms with Gasteiger partial charge in [0, 0.05) is 17.8 Å². The normalized spacial score (nSPS) is 21.1. The van der Waals surface area contributed by atoms with Gasteiger partial charge in [-0.15, -0.1) is 6.58 Å². The molecule has 2 N–H and O–H groups in total. The monoisotopic (exact) mass is 393 g/mol. The summed E-state index contributed by atoms with van der Waals surface area (Å²) < 4.78 is 11.2. The van der Waals surface area contributed by atoms with Gasteiger partial charge in [-0.2, -0.15) is 5.26 Å². The van der Waals surface area contributed by atoms with Crippen LogP contribution in [0.3, 0.4) is 0 Å². The van der Waals surface area contributed by atoms with Crippen molar-refractivity contribution in [3.63, 3.8) is 0 Å². The Kier molecular flexibility index (Phi) is 4.75. The average Bonchev–Trinajstić information content (AvgIpc) is 2.83. The van der Waals surface area contributed by atoms with Gasteiger partial charge in [-0.1, -0.05) is 24.3 Å². The molecule has 0 fully saturated rings. The smallest absolute Gasteiger partial charge is 0.338 e. The van der Waals surface area contributed by atoms with Gasteiger partial charge in [-0.05, 0) is 33.8 Å². The lowest BCUT2D eigenvalue weighted by Gasteiger charge is -2.35. The SMILES string of the molecule is C=CCN1C(=O)C2(C(C#N)=C(N)Oc3ccccc32)C(C(=O)OC(C)(C)C)=C1C. The molecule has 0 aliphatic carbocycles. The fourth-order valence-corrected chi connectivity index (χ4v) is 3.82. The Morgan fingerprint density at radius 2 is 2.07 bits per heavy atom. The van der Waals surface area contributed by atoms with Gasteiger partial charge in [0.15, 0.2) is 5.41 Å². The first-order valence-corrected chi connectivity index (χ1v) is 9.14. The molecule has 0 saturated carbocycles. The lowest BCUT2D eigenvalue weighted by atomic mass is 9.68. The van der Waals surface area contributed by atoms with E-state index in [1.807, 2.05) is 6.07 Å². The molecule has 7 nitrogen and oxygen atoms in total. The van der Waals surface area contributed by atoms with E-state index in [-0.39, 0.29) is 23.6 Å². The molecule has 0 saturated heterocycles. The number of nitrogens with two attached hydrogens (primary N) is 1. The highest BCUT2D eigenvalue weighted by Gasteiger charge is 2.62. The highest BCUT2D eigenvalue weighted by atomic mass is 16.6. The Bertz CT molecular complexity index is 1020. The lowest BCUT2D eigenvalue weighted by molar-refractivity contribution is -0.151. The van der Waals surface area contributed by atoms with Crippen molar-refractivity contribution < 1.29 is 19.1 Å². The quantitative estimate of drug-likeness (QED) is 0.625. The van der Waals surface area contributed by atoms with Crippen molar-refractivity contribution in [2.24, 2.45) is 5.73 Å². The Balaban J connectivity index is 2.40. The van der Waals surface area contributed by atoms with E-state index in [9.17, 15) is 14.9 Å². The summed E-state index contributed by atoms with van der Waals surface area (Å²) in [5.74, 6) is -1.06. The number of carbonyl (C=O) groups is 2. The molecule has 0 radical (unpaired) electrons. The number of hydrogen-bond acceptors (Lipinski definition) is 6. The molecule has 2 heterocycles. The van der Waals surface area contributed by atoms with E-state index in [1.165, 1.54) is 4.90 Å². The molecule has 1 amide bonds. The first kappa shape index (κ1) is 20.2. The van der Waals surface area contributed by atoms with Gasteiger partial charge in [0.2, 0.25) is 11.8 Å². The number of rotatable bonds is 3. The molecule has 2 aliphatic heterocycles. The van der Waals surface area contributed by atoms with Gasteiger partial charge in [-0.25, -0.2) is 4.79 Å². The minimum atomic E-state index is -1.73. The highest BCUT2D eigenvalue weighted by Crippen LogP contribution is 2.53. The molecule has 150 valence electrons. The summed E-state index contributed by atoms with van der Waals surface area (Å²) >= 11 is 0. The fraction of sp³-hybridized carbons (Fsp3) is 0.318. The van der Waals surface area contributed by atoms with E-state index in [0.717, 1.165) is 0 Å². The zero-order valence-electron chi connectivity index (χ0n) is 16.9. The maximum atomic E-state index is 13.8. The molecule has 0 bridgehead atoms. The van der Waals surface area contributed by atoms with Crippen molar-refractivity contribution in [1.82, 2.24) is 4.90 Å². The van der Waals surface area contributed by atoms with Gasteiger partial charge in [0.1, 0.15) is 23.0 Å².